The largest absolute Gasteiger partial charge is 0.469 e. The molecule has 0 fully saturated rings. The number of amides is 1. The van der Waals surface area contributed by atoms with Gasteiger partial charge in [-0.3, -0.25) is 9.59 Å². The number of nitrogens with zero attached hydrogens (tertiary/aromatic N) is 1. The summed E-state index contributed by atoms with van der Waals surface area (Å²) in [5.74, 6) is 0.940. The predicted octanol–water partition coefficient (Wildman–Crippen LogP) is 2.03. The van der Waals surface area contributed by atoms with Gasteiger partial charge in [0.05, 0.1) is 12.3 Å². The number of carbonyl (C=O) groups is 1. The summed E-state index contributed by atoms with van der Waals surface area (Å²) in [6.45, 7) is 0.399. The predicted molar refractivity (Wildman–Crippen MR) is 77.8 cm³/mol. The third-order valence-electron chi connectivity index (χ3n) is 3.87. The monoisotopic (exact) mass is 286 g/mol. The van der Waals surface area contributed by atoms with Crippen LogP contribution in [0.15, 0.2) is 45.9 Å². The first-order valence-corrected chi connectivity index (χ1v) is 7.25. The third-order valence-corrected chi connectivity index (χ3v) is 3.87. The lowest BCUT2D eigenvalue weighted by Crippen LogP contribution is -2.32. The highest BCUT2D eigenvalue weighted by Crippen LogP contribution is 2.30. The molecule has 0 aliphatic heterocycles. The van der Waals surface area contributed by atoms with E-state index in [0.29, 0.717) is 13.0 Å². The lowest BCUT2D eigenvalue weighted by molar-refractivity contribution is -0.122. The molecule has 3 rings (SSSR count). The summed E-state index contributed by atoms with van der Waals surface area (Å²) < 4.78 is 6.96. The van der Waals surface area contributed by atoms with Gasteiger partial charge in [0.2, 0.25) is 5.91 Å². The minimum Gasteiger partial charge on any atom is -0.469 e. The second kappa shape index (κ2) is 5.99. The number of rotatable bonds is 4. The van der Waals surface area contributed by atoms with Crippen LogP contribution in [0.2, 0.25) is 0 Å². The fourth-order valence-electron chi connectivity index (χ4n) is 2.77. The van der Waals surface area contributed by atoms with Crippen LogP contribution in [0.25, 0.3) is 0 Å². The summed E-state index contributed by atoms with van der Waals surface area (Å²) in [6.07, 6.45) is 6.57. The van der Waals surface area contributed by atoms with Crippen molar-refractivity contribution in [3.8, 4) is 0 Å². The summed E-state index contributed by atoms with van der Waals surface area (Å²) in [6, 6.07) is 6.95. The van der Waals surface area contributed by atoms with E-state index in [1.54, 1.807) is 29.2 Å². The third kappa shape index (κ3) is 3.07. The van der Waals surface area contributed by atoms with Crippen LogP contribution in [-0.2, 0) is 17.8 Å². The van der Waals surface area contributed by atoms with Gasteiger partial charge < -0.3 is 14.3 Å². The van der Waals surface area contributed by atoms with Crippen molar-refractivity contribution in [3.05, 3.63) is 58.4 Å². The fraction of sp³-hybridized carbons (Fsp3) is 0.375. The lowest BCUT2D eigenvalue weighted by Gasteiger charge is -2.22. The molecule has 1 aliphatic carbocycles. The van der Waals surface area contributed by atoms with Gasteiger partial charge in [0, 0.05) is 37.2 Å². The van der Waals surface area contributed by atoms with Gasteiger partial charge in [-0.15, -0.1) is 0 Å². The molecule has 1 N–H and O–H groups in total. The van der Waals surface area contributed by atoms with Crippen molar-refractivity contribution in [1.82, 2.24) is 9.88 Å². The molecule has 0 saturated carbocycles. The lowest BCUT2D eigenvalue weighted by atomic mass is 9.93. The van der Waals surface area contributed by atoms with E-state index in [1.807, 2.05) is 6.07 Å². The quantitative estimate of drug-likeness (QED) is 0.935. The van der Waals surface area contributed by atoms with Crippen LogP contribution in [0.5, 0.6) is 0 Å². The van der Waals surface area contributed by atoms with Crippen molar-refractivity contribution < 1.29 is 9.21 Å². The molecular weight excluding hydrogens is 268 g/mol. The first-order chi connectivity index (χ1) is 10.2. The van der Waals surface area contributed by atoms with Gasteiger partial charge in [0.15, 0.2) is 0 Å². The van der Waals surface area contributed by atoms with Crippen molar-refractivity contribution >= 4 is 5.91 Å². The molecule has 0 aromatic carbocycles. The maximum absolute atomic E-state index is 12.1. The summed E-state index contributed by atoms with van der Waals surface area (Å²) in [7, 11) is 0. The zero-order chi connectivity index (χ0) is 14.7. The molecule has 0 spiro atoms. The minimum atomic E-state index is -0.0833. The molecule has 110 valence electrons. The van der Waals surface area contributed by atoms with Crippen molar-refractivity contribution in [2.75, 3.05) is 0 Å². The number of fused-ring (bicyclic) bond motifs is 1. The van der Waals surface area contributed by atoms with Gasteiger partial charge in [-0.25, -0.2) is 0 Å². The van der Waals surface area contributed by atoms with E-state index in [0.717, 1.165) is 30.6 Å². The number of hydrogen-bond donors (Lipinski definition) is 1. The normalized spacial score (nSPS) is 17.2. The summed E-state index contributed by atoms with van der Waals surface area (Å²) in [5.41, 5.74) is 1.01. The van der Waals surface area contributed by atoms with Gasteiger partial charge in [-0.1, -0.05) is 6.07 Å². The fourth-order valence-corrected chi connectivity index (χ4v) is 2.77. The number of carbonyl (C=O) groups excluding carboxylic acids is 1. The number of pyridine rings is 1. The molecule has 21 heavy (non-hydrogen) atoms. The van der Waals surface area contributed by atoms with Crippen LogP contribution >= 0.6 is 0 Å². The van der Waals surface area contributed by atoms with E-state index in [4.69, 9.17) is 4.42 Å². The Bertz CT molecular complexity index is 687. The van der Waals surface area contributed by atoms with Crippen molar-refractivity contribution in [3.63, 3.8) is 0 Å². The molecule has 1 aliphatic rings. The first-order valence-electron chi connectivity index (χ1n) is 7.25. The van der Waals surface area contributed by atoms with Crippen molar-refractivity contribution in [1.29, 1.82) is 0 Å². The van der Waals surface area contributed by atoms with E-state index in [1.165, 1.54) is 6.07 Å². The Morgan fingerprint density at radius 3 is 3.14 bits per heavy atom. The van der Waals surface area contributed by atoms with Crippen LogP contribution < -0.4 is 10.9 Å². The zero-order valence-electron chi connectivity index (χ0n) is 11.7. The van der Waals surface area contributed by atoms with Gasteiger partial charge >= 0.3 is 0 Å². The SMILES string of the molecule is O=C(CCn1ccccc1=O)NC1CCCc2occc21. The summed E-state index contributed by atoms with van der Waals surface area (Å²) >= 11 is 0. The van der Waals surface area contributed by atoms with E-state index in [-0.39, 0.29) is 17.5 Å². The molecule has 5 heteroatoms. The van der Waals surface area contributed by atoms with E-state index in [9.17, 15) is 9.59 Å². The van der Waals surface area contributed by atoms with Gasteiger partial charge in [-0.05, 0) is 25.0 Å². The van der Waals surface area contributed by atoms with Crippen LogP contribution in [0.3, 0.4) is 0 Å². The summed E-state index contributed by atoms with van der Waals surface area (Å²) in [5, 5.41) is 3.04. The number of aryl methyl sites for hydroxylation is 2. The molecule has 1 atom stereocenters. The Morgan fingerprint density at radius 1 is 1.38 bits per heavy atom. The molecule has 2 aromatic heterocycles. The highest BCUT2D eigenvalue weighted by Gasteiger charge is 2.23. The molecule has 2 heterocycles. The molecule has 2 aromatic rings. The number of aromatic nitrogens is 1. The van der Waals surface area contributed by atoms with Crippen LogP contribution in [-0.4, -0.2) is 10.5 Å². The van der Waals surface area contributed by atoms with Crippen molar-refractivity contribution in [2.45, 2.75) is 38.3 Å². The minimum absolute atomic E-state index is 0.0347. The number of furan rings is 1. The standard InChI is InChI=1S/C16H18N2O3/c19-15(7-10-18-9-2-1-6-16(18)20)17-13-4-3-5-14-12(13)8-11-21-14/h1-2,6,8-9,11,13H,3-5,7,10H2,(H,17,19). The van der Waals surface area contributed by atoms with Crippen LogP contribution in [0.1, 0.15) is 36.6 Å². The van der Waals surface area contributed by atoms with Crippen molar-refractivity contribution in [2.24, 2.45) is 0 Å². The van der Waals surface area contributed by atoms with E-state index >= 15 is 0 Å². The van der Waals surface area contributed by atoms with Gasteiger partial charge in [0.1, 0.15) is 5.76 Å². The molecular formula is C16H18N2O3. The molecule has 5 nitrogen and oxygen atoms in total. The Morgan fingerprint density at radius 2 is 2.29 bits per heavy atom. The van der Waals surface area contributed by atoms with Crippen LogP contribution in [0, 0.1) is 0 Å². The smallest absolute Gasteiger partial charge is 0.250 e. The molecule has 0 radical (unpaired) electrons. The highest BCUT2D eigenvalue weighted by molar-refractivity contribution is 5.76. The zero-order valence-corrected chi connectivity index (χ0v) is 11.7. The average molecular weight is 286 g/mol. The first kappa shape index (κ1) is 13.7. The second-order valence-corrected chi connectivity index (χ2v) is 5.29. The Balaban J connectivity index is 1.59. The molecule has 1 unspecified atom stereocenters. The Hall–Kier alpha value is -2.30. The van der Waals surface area contributed by atoms with Gasteiger partial charge in [-0.2, -0.15) is 0 Å². The highest BCUT2D eigenvalue weighted by atomic mass is 16.3. The second-order valence-electron chi connectivity index (χ2n) is 5.29. The summed E-state index contributed by atoms with van der Waals surface area (Å²) in [4.78, 5) is 23.6. The maximum atomic E-state index is 12.1. The Kier molecular flexibility index (Phi) is 3.90. The number of nitrogens with one attached hydrogen (secondary N) is 1. The molecule has 0 saturated heterocycles. The average Bonchev–Trinajstić information content (AvgIpc) is 2.96. The van der Waals surface area contributed by atoms with Gasteiger partial charge in [0.25, 0.3) is 5.56 Å². The molecule has 1 amide bonds. The van der Waals surface area contributed by atoms with E-state index < -0.39 is 0 Å². The van der Waals surface area contributed by atoms with Crippen LogP contribution in [0.4, 0.5) is 0 Å². The Labute approximate surface area is 122 Å². The topological polar surface area (TPSA) is 64.2 Å². The molecule has 0 bridgehead atoms. The van der Waals surface area contributed by atoms with E-state index in [2.05, 4.69) is 5.32 Å². The maximum Gasteiger partial charge on any atom is 0.250 e. The number of hydrogen-bond acceptors (Lipinski definition) is 3.